The first-order chi connectivity index (χ1) is 15.2. The molecular formula is C25H16F4N2OPt. The van der Waals surface area contributed by atoms with Gasteiger partial charge in [-0.05, 0) is 31.7 Å². The number of benzene rings is 2. The number of nitrogens with zero attached hydrogens (tertiary/aromatic N) is 2. The van der Waals surface area contributed by atoms with E-state index < -0.39 is 28.7 Å². The number of ether oxygens (including phenoxy) is 1. The average molecular weight is 631 g/mol. The minimum Gasteiger partial charge on any atom is -0.463 e. The topological polar surface area (TPSA) is 35.0 Å². The van der Waals surface area contributed by atoms with Gasteiger partial charge in [0.25, 0.3) is 0 Å². The molecule has 8 heteroatoms. The van der Waals surface area contributed by atoms with Crippen LogP contribution in [0.4, 0.5) is 17.6 Å². The average Bonchev–Trinajstić information content (AvgIpc) is 2.76. The van der Waals surface area contributed by atoms with Crippen molar-refractivity contribution in [3.63, 3.8) is 0 Å². The third-order valence-electron chi connectivity index (χ3n) is 4.90. The zero-order valence-corrected chi connectivity index (χ0v) is 19.7. The van der Waals surface area contributed by atoms with Crippen molar-refractivity contribution in [2.24, 2.45) is 0 Å². The summed E-state index contributed by atoms with van der Waals surface area (Å²) in [6.07, 6.45) is 0. The van der Waals surface area contributed by atoms with Crippen molar-refractivity contribution >= 4 is 0 Å². The van der Waals surface area contributed by atoms with E-state index >= 15 is 0 Å². The van der Waals surface area contributed by atoms with Crippen molar-refractivity contribution < 1.29 is 43.4 Å². The minimum absolute atomic E-state index is 0. The number of hydrogen-bond acceptors (Lipinski definition) is 3. The summed E-state index contributed by atoms with van der Waals surface area (Å²) in [4.78, 5) is 8.97. The van der Waals surface area contributed by atoms with Gasteiger partial charge in [0.1, 0.15) is 0 Å². The fraction of sp³-hybridized carbons (Fsp3) is 0.120. The van der Waals surface area contributed by atoms with Crippen LogP contribution in [-0.2, 0) is 26.5 Å². The van der Waals surface area contributed by atoms with E-state index in [-0.39, 0.29) is 38.3 Å². The molecule has 0 aliphatic heterocycles. The molecule has 0 fully saturated rings. The van der Waals surface area contributed by atoms with Crippen LogP contribution >= 0.6 is 0 Å². The van der Waals surface area contributed by atoms with Gasteiger partial charge in [0.2, 0.25) is 5.88 Å². The van der Waals surface area contributed by atoms with Crippen LogP contribution in [0.25, 0.3) is 11.3 Å². The van der Waals surface area contributed by atoms with Gasteiger partial charge in [-0.2, -0.15) is 0 Å². The van der Waals surface area contributed by atoms with Crippen LogP contribution in [0.5, 0.6) is 11.6 Å². The summed E-state index contributed by atoms with van der Waals surface area (Å²) in [6.45, 7) is 3.72. The fourth-order valence-electron chi connectivity index (χ4n) is 3.13. The summed E-state index contributed by atoms with van der Waals surface area (Å²) < 4.78 is 59.9. The van der Waals surface area contributed by atoms with E-state index in [0.717, 1.165) is 18.2 Å². The maximum Gasteiger partial charge on any atom is 2.00 e. The van der Waals surface area contributed by atoms with Gasteiger partial charge in [0.15, 0.2) is 0 Å². The Morgan fingerprint density at radius 3 is 2.06 bits per heavy atom. The molecule has 33 heavy (non-hydrogen) atoms. The van der Waals surface area contributed by atoms with Crippen molar-refractivity contribution in [3.8, 4) is 22.9 Å². The third kappa shape index (κ3) is 5.31. The Morgan fingerprint density at radius 1 is 0.788 bits per heavy atom. The Labute approximate surface area is 202 Å². The maximum atomic E-state index is 14.2. The first-order valence-electron chi connectivity index (χ1n) is 9.61. The van der Waals surface area contributed by atoms with Gasteiger partial charge in [-0.1, -0.05) is 35.9 Å². The van der Waals surface area contributed by atoms with Gasteiger partial charge in [-0.25, -0.2) is 4.98 Å². The molecule has 0 spiro atoms. The summed E-state index contributed by atoms with van der Waals surface area (Å²) in [5.41, 5.74) is 0.707. The molecule has 4 aromatic rings. The molecule has 0 saturated heterocycles. The molecule has 0 atom stereocenters. The quantitative estimate of drug-likeness (QED) is 0.189. The van der Waals surface area contributed by atoms with Crippen LogP contribution in [0.2, 0.25) is 0 Å². The number of pyridine rings is 2. The maximum absolute atomic E-state index is 14.2. The Bertz CT molecular complexity index is 1300. The van der Waals surface area contributed by atoms with E-state index in [9.17, 15) is 17.6 Å². The van der Waals surface area contributed by atoms with E-state index in [4.69, 9.17) is 4.74 Å². The summed E-state index contributed by atoms with van der Waals surface area (Å²) in [5, 5.41) is 0. The molecule has 2 heterocycles. The molecule has 0 saturated carbocycles. The molecule has 2 aromatic heterocycles. The summed E-state index contributed by atoms with van der Waals surface area (Å²) in [6, 6.07) is 18.5. The molecule has 4 rings (SSSR count). The van der Waals surface area contributed by atoms with Crippen LogP contribution in [0, 0.1) is 35.4 Å². The van der Waals surface area contributed by atoms with Crippen molar-refractivity contribution in [1.82, 2.24) is 9.97 Å². The molecule has 0 aliphatic rings. The van der Waals surface area contributed by atoms with E-state index in [2.05, 4.69) is 22.1 Å². The Balaban J connectivity index is 0.00000306. The molecule has 0 N–H and O–H groups in total. The first kappa shape index (κ1) is 24.6. The zero-order valence-electron chi connectivity index (χ0n) is 17.4. The second-order valence-electron chi connectivity index (χ2n) is 7.53. The molecule has 170 valence electrons. The van der Waals surface area contributed by atoms with Crippen molar-refractivity contribution in [1.29, 1.82) is 0 Å². The number of halogens is 4. The van der Waals surface area contributed by atoms with Crippen LogP contribution in [0.3, 0.4) is 0 Å². The van der Waals surface area contributed by atoms with Crippen molar-refractivity contribution in [2.75, 3.05) is 0 Å². The fourth-order valence-corrected chi connectivity index (χ4v) is 3.13. The Hall–Kier alpha value is -3.05. The predicted molar refractivity (Wildman–Crippen MR) is 110 cm³/mol. The second-order valence-corrected chi connectivity index (χ2v) is 7.53. The second kappa shape index (κ2) is 9.84. The molecule has 3 nitrogen and oxygen atoms in total. The molecule has 2 aromatic carbocycles. The van der Waals surface area contributed by atoms with Crippen molar-refractivity contribution in [3.05, 3.63) is 107 Å². The van der Waals surface area contributed by atoms with Gasteiger partial charge >= 0.3 is 21.1 Å². The SMILES string of the molecule is CC(C)(c1cccc(Oc2[c-]cc(F)cc2F)n1)c1cccc(-c2[c-]cc(F)cc2F)n1.[Pt+2]. The van der Waals surface area contributed by atoms with E-state index in [1.807, 2.05) is 13.8 Å². The van der Waals surface area contributed by atoms with Crippen LogP contribution in [0.15, 0.2) is 60.7 Å². The zero-order chi connectivity index (χ0) is 22.9. The van der Waals surface area contributed by atoms with Gasteiger partial charge in [-0.3, -0.25) is 17.6 Å². The first-order valence-corrected chi connectivity index (χ1v) is 9.61. The van der Waals surface area contributed by atoms with Crippen molar-refractivity contribution in [2.45, 2.75) is 19.3 Å². The van der Waals surface area contributed by atoms with E-state index in [1.165, 1.54) is 6.07 Å². The standard InChI is InChI=1S/C25H16F4N2O.Pt/c1-25(2,22-6-3-5-20(30-22)17-11-9-15(26)13-18(17)28)23-7-4-8-24(31-23)32-21-12-10-16(27)14-19(21)29;/h3-10,13-14H,1-2H3;/q-2;+2. The van der Waals surface area contributed by atoms with Crippen LogP contribution in [-0.4, -0.2) is 9.97 Å². The monoisotopic (exact) mass is 631 g/mol. The number of rotatable bonds is 5. The third-order valence-corrected chi connectivity index (χ3v) is 4.90. The molecule has 0 aliphatic carbocycles. The largest absolute Gasteiger partial charge is 2.00 e. The summed E-state index contributed by atoms with van der Waals surface area (Å²) in [5.74, 6) is -3.35. The van der Waals surface area contributed by atoms with Crippen LogP contribution in [0.1, 0.15) is 25.2 Å². The summed E-state index contributed by atoms with van der Waals surface area (Å²) in [7, 11) is 0. The molecule has 0 unspecified atom stereocenters. The van der Waals surface area contributed by atoms with Gasteiger partial charge in [0, 0.05) is 34.6 Å². The van der Waals surface area contributed by atoms with E-state index in [1.54, 1.807) is 30.3 Å². The number of hydrogen-bond donors (Lipinski definition) is 0. The van der Waals surface area contributed by atoms with E-state index in [0.29, 0.717) is 23.1 Å². The number of aromatic nitrogens is 2. The van der Waals surface area contributed by atoms with Gasteiger partial charge < -0.3 is 9.72 Å². The smallest absolute Gasteiger partial charge is 0.463 e. The molecule has 0 radical (unpaired) electrons. The molecule has 0 amide bonds. The minimum atomic E-state index is -0.900. The van der Waals surface area contributed by atoms with Gasteiger partial charge in [-0.15, -0.1) is 24.3 Å². The Morgan fingerprint density at radius 2 is 1.39 bits per heavy atom. The predicted octanol–water partition coefficient (Wildman–Crippen LogP) is 6.42. The molecular weight excluding hydrogens is 615 g/mol. The normalized spacial score (nSPS) is 11.1. The van der Waals surface area contributed by atoms with Gasteiger partial charge in [0.05, 0.1) is 17.3 Å². The summed E-state index contributed by atoms with van der Waals surface area (Å²) >= 11 is 0. The molecule has 0 bridgehead atoms. The Kier molecular flexibility index (Phi) is 7.33. The van der Waals surface area contributed by atoms with Crippen LogP contribution < -0.4 is 4.74 Å².